The topological polar surface area (TPSA) is 81.6 Å². The number of rotatable bonds is 5. The van der Waals surface area contributed by atoms with Gasteiger partial charge in [0.25, 0.3) is 0 Å². The molecule has 1 aromatic heterocycles. The Hall–Kier alpha value is -1.89. The fourth-order valence-electron chi connectivity index (χ4n) is 3.52. The van der Waals surface area contributed by atoms with Crippen molar-refractivity contribution in [2.45, 2.75) is 51.8 Å². The van der Waals surface area contributed by atoms with Gasteiger partial charge in [-0.1, -0.05) is 30.3 Å². The number of hydrogen-bond acceptors (Lipinski definition) is 6. The number of nitrogen functional groups attached to an aromatic ring is 1. The van der Waals surface area contributed by atoms with E-state index in [4.69, 9.17) is 16.2 Å². The predicted molar refractivity (Wildman–Crippen MR) is 111 cm³/mol. The van der Waals surface area contributed by atoms with Gasteiger partial charge in [0.05, 0.1) is 5.56 Å². The molecular formula is C21H29N3O2S. The lowest BCUT2D eigenvalue weighted by molar-refractivity contribution is 0.00691. The van der Waals surface area contributed by atoms with Gasteiger partial charge in [-0.3, -0.25) is 4.90 Å². The molecule has 0 aliphatic carbocycles. The molecule has 27 heavy (non-hydrogen) atoms. The van der Waals surface area contributed by atoms with E-state index in [0.29, 0.717) is 17.1 Å². The fraction of sp³-hybridized carbons (Fsp3) is 0.476. The van der Waals surface area contributed by atoms with E-state index in [0.717, 1.165) is 36.4 Å². The first-order valence-corrected chi connectivity index (χ1v) is 10.2. The van der Waals surface area contributed by atoms with Crippen molar-refractivity contribution >= 4 is 22.3 Å². The molecule has 1 aliphatic rings. The largest absolute Gasteiger partial charge is 0.456 e. The number of carbonyl (C=O) groups excluding carboxylic acids is 1. The molecule has 0 fully saturated rings. The van der Waals surface area contributed by atoms with E-state index in [-0.39, 0.29) is 12.0 Å². The van der Waals surface area contributed by atoms with Crippen LogP contribution >= 0.6 is 11.3 Å². The molecule has 0 saturated carbocycles. The maximum atomic E-state index is 12.7. The monoisotopic (exact) mass is 387 g/mol. The summed E-state index contributed by atoms with van der Waals surface area (Å²) in [6.45, 7) is 7.88. The molecule has 4 N–H and O–H groups in total. The molecule has 0 bridgehead atoms. The minimum absolute atomic E-state index is 0.205. The van der Waals surface area contributed by atoms with Crippen LogP contribution in [0.4, 0.5) is 5.00 Å². The predicted octanol–water partition coefficient (Wildman–Crippen LogP) is 3.21. The number of ether oxygens (including phenoxy) is 1. The molecule has 1 aromatic carbocycles. The van der Waals surface area contributed by atoms with Crippen molar-refractivity contribution in [1.82, 2.24) is 4.90 Å². The van der Waals surface area contributed by atoms with Crippen molar-refractivity contribution < 1.29 is 9.53 Å². The Bertz CT molecular complexity index is 796. The quantitative estimate of drug-likeness (QED) is 0.770. The van der Waals surface area contributed by atoms with Crippen molar-refractivity contribution in [1.29, 1.82) is 0 Å². The molecule has 5 nitrogen and oxygen atoms in total. The summed E-state index contributed by atoms with van der Waals surface area (Å²) >= 11 is 1.50. The normalized spacial score (nSPS) is 17.6. The molecule has 0 saturated heterocycles. The highest BCUT2D eigenvalue weighted by Crippen LogP contribution is 2.37. The van der Waals surface area contributed by atoms with E-state index in [2.05, 4.69) is 29.2 Å². The summed E-state index contributed by atoms with van der Waals surface area (Å²) in [6, 6.07) is 10.7. The number of fused-ring (bicyclic) bond motifs is 1. The second-order valence-corrected chi connectivity index (χ2v) is 9.18. The molecule has 0 amide bonds. The van der Waals surface area contributed by atoms with E-state index in [1.165, 1.54) is 16.9 Å². The van der Waals surface area contributed by atoms with Gasteiger partial charge in [0.1, 0.15) is 10.6 Å². The van der Waals surface area contributed by atoms with Gasteiger partial charge in [-0.05, 0) is 44.7 Å². The van der Waals surface area contributed by atoms with Gasteiger partial charge in [0.15, 0.2) is 0 Å². The Morgan fingerprint density at radius 1 is 1.30 bits per heavy atom. The third-order valence-corrected chi connectivity index (χ3v) is 5.87. The number of nitrogens with zero attached hydrogens (tertiary/aromatic N) is 1. The zero-order valence-electron chi connectivity index (χ0n) is 16.3. The molecule has 6 heteroatoms. The first-order chi connectivity index (χ1) is 12.8. The lowest BCUT2D eigenvalue weighted by atomic mass is 9.95. The zero-order chi connectivity index (χ0) is 19.6. The van der Waals surface area contributed by atoms with E-state index in [9.17, 15) is 4.79 Å². The number of hydrogen-bond donors (Lipinski definition) is 2. The second-order valence-electron chi connectivity index (χ2n) is 8.04. The van der Waals surface area contributed by atoms with Crippen LogP contribution in [0.15, 0.2) is 30.3 Å². The molecule has 3 rings (SSSR count). The van der Waals surface area contributed by atoms with Gasteiger partial charge < -0.3 is 16.2 Å². The number of anilines is 1. The Kier molecular flexibility index (Phi) is 5.89. The molecule has 146 valence electrons. The summed E-state index contributed by atoms with van der Waals surface area (Å²) in [5, 5.41) is 0.551. The van der Waals surface area contributed by atoms with Crippen molar-refractivity contribution in [3.05, 3.63) is 51.9 Å². The van der Waals surface area contributed by atoms with Crippen molar-refractivity contribution in [2.75, 3.05) is 18.8 Å². The Morgan fingerprint density at radius 3 is 2.63 bits per heavy atom. The minimum atomic E-state index is -0.540. The summed E-state index contributed by atoms with van der Waals surface area (Å²) in [4.78, 5) is 16.2. The number of esters is 1. The van der Waals surface area contributed by atoms with Crippen LogP contribution in [-0.2, 0) is 24.1 Å². The molecular weight excluding hydrogens is 358 g/mol. The van der Waals surface area contributed by atoms with Gasteiger partial charge in [-0.2, -0.15) is 0 Å². The van der Waals surface area contributed by atoms with Crippen LogP contribution in [0.1, 0.15) is 47.1 Å². The third-order valence-electron chi connectivity index (χ3n) is 4.83. The molecule has 0 radical (unpaired) electrons. The Balaban J connectivity index is 1.78. The van der Waals surface area contributed by atoms with Gasteiger partial charge in [-0.25, -0.2) is 4.79 Å². The van der Waals surface area contributed by atoms with Crippen molar-refractivity contribution in [3.8, 4) is 0 Å². The highest BCUT2D eigenvalue weighted by Gasteiger charge is 2.33. The Labute approximate surface area is 165 Å². The van der Waals surface area contributed by atoms with E-state index >= 15 is 0 Å². The zero-order valence-corrected chi connectivity index (χ0v) is 17.1. The summed E-state index contributed by atoms with van der Waals surface area (Å²) in [6.07, 6.45) is 1.72. The lowest BCUT2D eigenvalue weighted by Crippen LogP contribution is -2.45. The minimum Gasteiger partial charge on any atom is -0.456 e. The van der Waals surface area contributed by atoms with Gasteiger partial charge in [-0.15, -0.1) is 11.3 Å². The van der Waals surface area contributed by atoms with Gasteiger partial charge in [0, 0.05) is 30.6 Å². The molecule has 0 unspecified atom stereocenters. The number of nitrogens with two attached hydrogens (primary N) is 2. The SMILES string of the molecule is CC(C)(C)OC(=O)c1c(N)sc2c1C[C@@H](CN)N(CCc1ccccc1)C2. The smallest absolute Gasteiger partial charge is 0.341 e. The Morgan fingerprint density at radius 2 is 2.00 bits per heavy atom. The second kappa shape index (κ2) is 8.00. The average Bonchev–Trinajstić information content (AvgIpc) is 2.93. The highest BCUT2D eigenvalue weighted by molar-refractivity contribution is 7.16. The van der Waals surface area contributed by atoms with Crippen LogP contribution in [0.25, 0.3) is 0 Å². The van der Waals surface area contributed by atoms with Gasteiger partial charge in [0.2, 0.25) is 0 Å². The standard InChI is InChI=1S/C21H29N3O2S/c1-21(2,3)26-20(25)18-16-11-15(12-22)24(13-17(16)27-19(18)23)10-9-14-7-5-4-6-8-14/h4-8,15H,9-13,22-23H2,1-3H3/t15-/m0/s1. The van der Waals surface area contributed by atoms with Crippen LogP contribution in [0.2, 0.25) is 0 Å². The summed E-state index contributed by atoms with van der Waals surface area (Å²) in [7, 11) is 0. The number of thiophene rings is 1. The molecule has 2 heterocycles. The lowest BCUT2D eigenvalue weighted by Gasteiger charge is -2.35. The number of benzene rings is 1. The third kappa shape index (κ3) is 4.69. The first-order valence-electron chi connectivity index (χ1n) is 9.40. The van der Waals surface area contributed by atoms with Crippen LogP contribution in [0, 0.1) is 0 Å². The maximum Gasteiger partial charge on any atom is 0.341 e. The molecule has 0 spiro atoms. The van der Waals surface area contributed by atoms with Crippen LogP contribution in [0.3, 0.4) is 0 Å². The van der Waals surface area contributed by atoms with Crippen LogP contribution < -0.4 is 11.5 Å². The first kappa shape index (κ1) is 19.9. The van der Waals surface area contributed by atoms with Crippen LogP contribution in [-0.4, -0.2) is 35.6 Å². The molecule has 1 aliphatic heterocycles. The maximum absolute atomic E-state index is 12.7. The average molecular weight is 388 g/mol. The van der Waals surface area contributed by atoms with E-state index in [1.807, 2.05) is 26.8 Å². The summed E-state index contributed by atoms with van der Waals surface area (Å²) in [5.74, 6) is -0.328. The number of carbonyl (C=O) groups is 1. The summed E-state index contributed by atoms with van der Waals surface area (Å²) in [5.41, 5.74) is 14.6. The highest BCUT2D eigenvalue weighted by atomic mass is 32.1. The van der Waals surface area contributed by atoms with E-state index in [1.54, 1.807) is 0 Å². The van der Waals surface area contributed by atoms with Gasteiger partial charge >= 0.3 is 5.97 Å². The van der Waals surface area contributed by atoms with Crippen LogP contribution in [0.5, 0.6) is 0 Å². The fourth-order valence-corrected chi connectivity index (χ4v) is 4.63. The van der Waals surface area contributed by atoms with E-state index < -0.39 is 5.60 Å². The van der Waals surface area contributed by atoms with Crippen molar-refractivity contribution in [3.63, 3.8) is 0 Å². The summed E-state index contributed by atoms with van der Waals surface area (Å²) < 4.78 is 5.57. The molecule has 2 aromatic rings. The van der Waals surface area contributed by atoms with Crippen molar-refractivity contribution in [2.24, 2.45) is 5.73 Å². The molecule has 1 atom stereocenters.